The maximum atomic E-state index is 4.07. The highest BCUT2D eigenvalue weighted by Gasteiger charge is 2.11. The second-order valence-corrected chi connectivity index (χ2v) is 5.13. The van der Waals surface area contributed by atoms with Crippen molar-refractivity contribution in [1.29, 1.82) is 0 Å². The second-order valence-electron chi connectivity index (χ2n) is 5.13. The molecule has 0 radical (unpaired) electrons. The third-order valence-electron chi connectivity index (χ3n) is 2.16. The highest BCUT2D eigenvalue weighted by atomic mass is 14.9. The monoisotopic (exact) mass is 183 g/mol. The molecule has 0 saturated carbocycles. The van der Waals surface area contributed by atoms with E-state index in [1.165, 1.54) is 18.5 Å². The highest BCUT2D eigenvalue weighted by Crippen LogP contribution is 2.15. The van der Waals surface area contributed by atoms with Crippen LogP contribution in [-0.2, 0) is 0 Å². The van der Waals surface area contributed by atoms with Crippen LogP contribution < -0.4 is 5.32 Å². The first-order valence-corrected chi connectivity index (χ1v) is 5.29. The lowest BCUT2D eigenvalue weighted by Gasteiger charge is -2.23. The molecule has 0 heterocycles. The Bertz CT molecular complexity index is 153. The van der Waals surface area contributed by atoms with Gasteiger partial charge in [0.25, 0.3) is 0 Å². The van der Waals surface area contributed by atoms with Crippen LogP contribution in [0.1, 0.15) is 47.5 Å². The molecule has 0 amide bonds. The van der Waals surface area contributed by atoms with E-state index in [4.69, 9.17) is 0 Å². The fourth-order valence-electron chi connectivity index (χ4n) is 1.16. The van der Waals surface area contributed by atoms with Crippen molar-refractivity contribution in [3.8, 4) is 0 Å². The molecule has 1 nitrogen and oxygen atoms in total. The molecular formula is C12H25N. The van der Waals surface area contributed by atoms with Gasteiger partial charge in [0, 0.05) is 12.2 Å². The SMILES string of the molecule is C=C(NCC(C)(C)C)C(C)CCC. The molecule has 13 heavy (non-hydrogen) atoms. The highest BCUT2D eigenvalue weighted by molar-refractivity contribution is 4.96. The molecule has 0 aromatic carbocycles. The van der Waals surface area contributed by atoms with E-state index >= 15 is 0 Å². The summed E-state index contributed by atoms with van der Waals surface area (Å²) in [6.07, 6.45) is 2.47. The minimum Gasteiger partial charge on any atom is -0.388 e. The Morgan fingerprint density at radius 3 is 2.31 bits per heavy atom. The molecule has 1 atom stereocenters. The van der Waals surface area contributed by atoms with Crippen LogP contribution >= 0.6 is 0 Å². The molecule has 0 aliphatic carbocycles. The Labute approximate surface area is 83.6 Å². The number of hydrogen-bond donors (Lipinski definition) is 1. The van der Waals surface area contributed by atoms with Gasteiger partial charge in [0.2, 0.25) is 0 Å². The second kappa shape index (κ2) is 5.31. The van der Waals surface area contributed by atoms with Gasteiger partial charge >= 0.3 is 0 Å². The van der Waals surface area contributed by atoms with E-state index in [9.17, 15) is 0 Å². The Morgan fingerprint density at radius 2 is 1.92 bits per heavy atom. The van der Waals surface area contributed by atoms with Crippen molar-refractivity contribution in [3.63, 3.8) is 0 Å². The van der Waals surface area contributed by atoms with Crippen molar-refractivity contribution in [2.45, 2.75) is 47.5 Å². The summed E-state index contributed by atoms with van der Waals surface area (Å²) in [4.78, 5) is 0. The average Bonchev–Trinajstić information content (AvgIpc) is 1.99. The summed E-state index contributed by atoms with van der Waals surface area (Å²) in [5.41, 5.74) is 1.53. The zero-order valence-corrected chi connectivity index (χ0v) is 9.91. The van der Waals surface area contributed by atoms with Gasteiger partial charge in [0.05, 0.1) is 0 Å². The largest absolute Gasteiger partial charge is 0.388 e. The number of hydrogen-bond acceptors (Lipinski definition) is 1. The molecular weight excluding hydrogens is 158 g/mol. The summed E-state index contributed by atoms with van der Waals surface area (Å²) in [7, 11) is 0. The zero-order chi connectivity index (χ0) is 10.5. The van der Waals surface area contributed by atoms with Gasteiger partial charge in [0.15, 0.2) is 0 Å². The van der Waals surface area contributed by atoms with Crippen LogP contribution in [0.5, 0.6) is 0 Å². The van der Waals surface area contributed by atoms with Gasteiger partial charge in [-0.05, 0) is 17.8 Å². The summed E-state index contributed by atoms with van der Waals surface area (Å²) in [5.74, 6) is 0.604. The predicted molar refractivity (Wildman–Crippen MR) is 60.7 cm³/mol. The molecule has 0 rings (SSSR count). The lowest BCUT2D eigenvalue weighted by Crippen LogP contribution is -2.28. The van der Waals surface area contributed by atoms with Gasteiger partial charge in [-0.15, -0.1) is 0 Å². The molecule has 0 aromatic rings. The zero-order valence-electron chi connectivity index (χ0n) is 9.91. The molecule has 1 unspecified atom stereocenters. The standard InChI is InChI=1S/C12H25N/c1-7-8-10(2)11(3)13-9-12(4,5)6/h10,13H,3,7-9H2,1-2,4-6H3. The molecule has 0 aromatic heterocycles. The predicted octanol–water partition coefficient (Wildman–Crippen LogP) is 3.57. The van der Waals surface area contributed by atoms with Crippen molar-refractivity contribution in [2.24, 2.45) is 11.3 Å². The van der Waals surface area contributed by atoms with Crippen LogP contribution in [0.2, 0.25) is 0 Å². The molecule has 78 valence electrons. The van der Waals surface area contributed by atoms with Crippen molar-refractivity contribution in [3.05, 3.63) is 12.3 Å². The first-order valence-electron chi connectivity index (χ1n) is 5.29. The van der Waals surface area contributed by atoms with Crippen LogP contribution in [-0.4, -0.2) is 6.54 Å². The normalized spacial score (nSPS) is 13.9. The Kier molecular flexibility index (Phi) is 5.12. The van der Waals surface area contributed by atoms with Gasteiger partial charge in [-0.25, -0.2) is 0 Å². The summed E-state index contributed by atoms with van der Waals surface area (Å²) >= 11 is 0. The molecule has 0 fully saturated rings. The maximum absolute atomic E-state index is 4.07. The lowest BCUT2D eigenvalue weighted by atomic mass is 9.95. The van der Waals surface area contributed by atoms with Gasteiger partial charge in [-0.1, -0.05) is 47.6 Å². The molecule has 0 spiro atoms. The van der Waals surface area contributed by atoms with Gasteiger partial charge < -0.3 is 5.32 Å². The average molecular weight is 183 g/mol. The topological polar surface area (TPSA) is 12.0 Å². The summed E-state index contributed by atoms with van der Waals surface area (Å²) < 4.78 is 0. The van der Waals surface area contributed by atoms with E-state index in [1.807, 2.05) is 0 Å². The first kappa shape index (κ1) is 12.5. The van der Waals surface area contributed by atoms with Gasteiger partial charge in [-0.2, -0.15) is 0 Å². The summed E-state index contributed by atoms with van der Waals surface area (Å²) in [5, 5.41) is 3.41. The van der Waals surface area contributed by atoms with Crippen molar-refractivity contribution in [2.75, 3.05) is 6.54 Å². The Balaban J connectivity index is 3.74. The molecule has 1 N–H and O–H groups in total. The fraction of sp³-hybridized carbons (Fsp3) is 0.833. The summed E-state index contributed by atoms with van der Waals surface area (Å²) in [6, 6.07) is 0. The smallest absolute Gasteiger partial charge is 0.0192 e. The quantitative estimate of drug-likeness (QED) is 0.687. The molecule has 0 bridgehead atoms. The van der Waals surface area contributed by atoms with Gasteiger partial charge in [0.1, 0.15) is 0 Å². The molecule has 1 heteroatoms. The molecule has 0 aliphatic rings. The van der Waals surface area contributed by atoms with Gasteiger partial charge in [-0.3, -0.25) is 0 Å². The van der Waals surface area contributed by atoms with Crippen LogP contribution in [0.4, 0.5) is 0 Å². The van der Waals surface area contributed by atoms with E-state index in [1.54, 1.807) is 0 Å². The van der Waals surface area contributed by atoms with E-state index in [0.29, 0.717) is 11.3 Å². The Hall–Kier alpha value is -0.460. The van der Waals surface area contributed by atoms with E-state index in [-0.39, 0.29) is 0 Å². The van der Waals surface area contributed by atoms with Crippen molar-refractivity contribution >= 4 is 0 Å². The number of rotatable bonds is 5. The third kappa shape index (κ3) is 6.68. The maximum Gasteiger partial charge on any atom is 0.0192 e. The van der Waals surface area contributed by atoms with Crippen molar-refractivity contribution in [1.82, 2.24) is 5.32 Å². The van der Waals surface area contributed by atoms with Crippen LogP contribution in [0.3, 0.4) is 0 Å². The number of allylic oxidation sites excluding steroid dienone is 1. The minimum atomic E-state index is 0.342. The molecule has 0 aliphatic heterocycles. The fourth-order valence-corrected chi connectivity index (χ4v) is 1.16. The van der Waals surface area contributed by atoms with Crippen LogP contribution in [0, 0.1) is 11.3 Å². The minimum absolute atomic E-state index is 0.342. The third-order valence-corrected chi connectivity index (χ3v) is 2.16. The Morgan fingerprint density at radius 1 is 1.38 bits per heavy atom. The van der Waals surface area contributed by atoms with E-state index in [2.05, 4.69) is 46.5 Å². The van der Waals surface area contributed by atoms with E-state index < -0.39 is 0 Å². The lowest BCUT2D eigenvalue weighted by molar-refractivity contribution is 0.384. The summed E-state index contributed by atoms with van der Waals surface area (Å²) in [6.45, 7) is 16.2. The van der Waals surface area contributed by atoms with E-state index in [0.717, 1.165) is 6.54 Å². The van der Waals surface area contributed by atoms with Crippen LogP contribution in [0.15, 0.2) is 12.3 Å². The first-order chi connectivity index (χ1) is 5.87. The van der Waals surface area contributed by atoms with Crippen molar-refractivity contribution < 1.29 is 0 Å². The molecule has 0 saturated heterocycles. The number of nitrogens with one attached hydrogen (secondary N) is 1. The van der Waals surface area contributed by atoms with Crippen LogP contribution in [0.25, 0.3) is 0 Å².